The molecule has 78 valence electrons. The van der Waals surface area contributed by atoms with Crippen LogP contribution in [0.5, 0.6) is 0 Å². The van der Waals surface area contributed by atoms with Crippen molar-refractivity contribution >= 4 is 16.7 Å². The van der Waals surface area contributed by atoms with Crippen LogP contribution in [0.1, 0.15) is 25.7 Å². The summed E-state index contributed by atoms with van der Waals surface area (Å²) in [6, 6.07) is 0.502. The lowest BCUT2D eigenvalue weighted by Gasteiger charge is -2.30. The molecule has 1 fully saturated rings. The van der Waals surface area contributed by atoms with Crippen molar-refractivity contribution in [3.05, 3.63) is 6.33 Å². The first-order valence-electron chi connectivity index (χ1n) is 5.13. The van der Waals surface area contributed by atoms with Crippen molar-refractivity contribution in [1.82, 2.24) is 9.36 Å². The predicted molar refractivity (Wildman–Crippen MR) is 58.3 cm³/mol. The van der Waals surface area contributed by atoms with Gasteiger partial charge in [-0.2, -0.15) is 4.37 Å². The Morgan fingerprint density at radius 3 is 3.07 bits per heavy atom. The molecule has 0 aliphatic heterocycles. The number of nitrogens with zero attached hydrogens (tertiary/aromatic N) is 2. The Morgan fingerprint density at radius 1 is 1.50 bits per heavy atom. The first kappa shape index (κ1) is 9.86. The molecule has 5 heteroatoms. The molecule has 1 heterocycles. The minimum absolute atomic E-state index is 0.502. The third-order valence-corrected chi connectivity index (χ3v) is 3.48. The van der Waals surface area contributed by atoms with Crippen LogP contribution in [0.4, 0.5) is 5.13 Å². The van der Waals surface area contributed by atoms with Gasteiger partial charge in [0.2, 0.25) is 5.13 Å². The second kappa shape index (κ2) is 4.70. The molecule has 4 nitrogen and oxygen atoms in total. The van der Waals surface area contributed by atoms with Crippen molar-refractivity contribution in [3.63, 3.8) is 0 Å². The van der Waals surface area contributed by atoms with Gasteiger partial charge in [-0.15, -0.1) is 0 Å². The number of rotatable bonds is 3. The number of nitrogens with one attached hydrogen (secondary N) is 1. The Kier molecular flexibility index (Phi) is 3.31. The SMILES string of the molecule is NCC1CCCCC1Nc1ncns1. The smallest absolute Gasteiger partial charge is 0.202 e. The molecule has 0 spiro atoms. The van der Waals surface area contributed by atoms with Crippen LogP contribution in [0.2, 0.25) is 0 Å². The average Bonchev–Trinajstić information content (AvgIpc) is 2.71. The maximum Gasteiger partial charge on any atom is 0.202 e. The molecule has 0 amide bonds. The van der Waals surface area contributed by atoms with Crippen LogP contribution in [-0.2, 0) is 0 Å². The summed E-state index contributed by atoms with van der Waals surface area (Å²) in [4.78, 5) is 4.13. The molecule has 0 bridgehead atoms. The maximum absolute atomic E-state index is 5.75. The Labute approximate surface area is 88.1 Å². The van der Waals surface area contributed by atoms with E-state index in [1.54, 1.807) is 6.33 Å². The summed E-state index contributed by atoms with van der Waals surface area (Å²) >= 11 is 1.42. The molecular weight excluding hydrogens is 196 g/mol. The summed E-state index contributed by atoms with van der Waals surface area (Å²) in [5, 5.41) is 4.35. The quantitative estimate of drug-likeness (QED) is 0.796. The van der Waals surface area contributed by atoms with Crippen molar-refractivity contribution in [2.45, 2.75) is 31.7 Å². The summed E-state index contributed by atoms with van der Waals surface area (Å²) in [7, 11) is 0. The van der Waals surface area contributed by atoms with E-state index in [0.29, 0.717) is 12.0 Å². The lowest BCUT2D eigenvalue weighted by atomic mass is 9.85. The topological polar surface area (TPSA) is 63.8 Å². The number of hydrogen-bond acceptors (Lipinski definition) is 5. The first-order valence-corrected chi connectivity index (χ1v) is 5.91. The van der Waals surface area contributed by atoms with E-state index in [4.69, 9.17) is 5.73 Å². The van der Waals surface area contributed by atoms with E-state index >= 15 is 0 Å². The molecule has 14 heavy (non-hydrogen) atoms. The Hall–Kier alpha value is -0.680. The Bertz CT molecular complexity index is 262. The van der Waals surface area contributed by atoms with E-state index in [1.807, 2.05) is 0 Å². The highest BCUT2D eigenvalue weighted by Gasteiger charge is 2.24. The zero-order valence-electron chi connectivity index (χ0n) is 8.15. The van der Waals surface area contributed by atoms with E-state index in [-0.39, 0.29) is 0 Å². The molecule has 0 aromatic carbocycles. The van der Waals surface area contributed by atoms with E-state index in [1.165, 1.54) is 37.2 Å². The van der Waals surface area contributed by atoms with Crippen molar-refractivity contribution in [1.29, 1.82) is 0 Å². The van der Waals surface area contributed by atoms with Crippen LogP contribution >= 0.6 is 11.5 Å². The van der Waals surface area contributed by atoms with Gasteiger partial charge in [-0.3, -0.25) is 0 Å². The van der Waals surface area contributed by atoms with Gasteiger partial charge in [-0.25, -0.2) is 4.98 Å². The summed E-state index contributed by atoms with van der Waals surface area (Å²) in [5.74, 6) is 0.604. The van der Waals surface area contributed by atoms with Crippen LogP contribution in [0.3, 0.4) is 0 Å². The van der Waals surface area contributed by atoms with E-state index in [9.17, 15) is 0 Å². The predicted octanol–water partition coefficient (Wildman–Crippen LogP) is 1.47. The van der Waals surface area contributed by atoms with Crippen molar-refractivity contribution in [3.8, 4) is 0 Å². The van der Waals surface area contributed by atoms with Crippen molar-refractivity contribution in [2.24, 2.45) is 11.7 Å². The van der Waals surface area contributed by atoms with Crippen LogP contribution in [0, 0.1) is 5.92 Å². The minimum Gasteiger partial charge on any atom is -0.357 e. The zero-order chi connectivity index (χ0) is 9.80. The summed E-state index contributed by atoms with van der Waals surface area (Å²) in [6.45, 7) is 0.774. The van der Waals surface area contributed by atoms with Gasteiger partial charge in [0.05, 0.1) is 0 Å². The first-order chi connectivity index (χ1) is 6.90. The number of hydrogen-bond donors (Lipinski definition) is 2. The Balaban J connectivity index is 1.94. The Morgan fingerprint density at radius 2 is 2.36 bits per heavy atom. The molecular formula is C9H16N4S. The molecule has 2 rings (SSSR count). The zero-order valence-corrected chi connectivity index (χ0v) is 8.96. The van der Waals surface area contributed by atoms with E-state index in [0.717, 1.165) is 11.7 Å². The third-order valence-electron chi connectivity index (χ3n) is 2.88. The molecule has 1 saturated carbocycles. The molecule has 3 N–H and O–H groups in total. The van der Waals surface area contributed by atoms with Gasteiger partial charge in [0.25, 0.3) is 0 Å². The van der Waals surface area contributed by atoms with Crippen LogP contribution in [0.25, 0.3) is 0 Å². The van der Waals surface area contributed by atoms with Crippen LogP contribution in [-0.4, -0.2) is 21.9 Å². The second-order valence-electron chi connectivity index (χ2n) is 3.78. The van der Waals surface area contributed by atoms with Gasteiger partial charge in [0.15, 0.2) is 0 Å². The molecule has 1 aliphatic carbocycles. The molecule has 0 radical (unpaired) electrons. The molecule has 2 atom stereocenters. The lowest BCUT2D eigenvalue weighted by Crippen LogP contribution is -2.36. The number of aromatic nitrogens is 2. The summed E-state index contributed by atoms with van der Waals surface area (Å²) < 4.78 is 3.98. The van der Waals surface area contributed by atoms with Crippen LogP contribution < -0.4 is 11.1 Å². The van der Waals surface area contributed by atoms with Gasteiger partial charge in [-0.05, 0) is 25.3 Å². The van der Waals surface area contributed by atoms with Gasteiger partial charge < -0.3 is 11.1 Å². The summed E-state index contributed by atoms with van der Waals surface area (Å²) in [6.07, 6.45) is 6.66. The van der Waals surface area contributed by atoms with Gasteiger partial charge in [0.1, 0.15) is 6.33 Å². The maximum atomic E-state index is 5.75. The van der Waals surface area contributed by atoms with E-state index in [2.05, 4.69) is 14.7 Å². The molecule has 0 saturated heterocycles. The fraction of sp³-hybridized carbons (Fsp3) is 0.778. The third kappa shape index (κ3) is 2.22. The molecule has 2 unspecified atom stereocenters. The van der Waals surface area contributed by atoms with Gasteiger partial charge in [-0.1, -0.05) is 12.8 Å². The largest absolute Gasteiger partial charge is 0.357 e. The van der Waals surface area contributed by atoms with Gasteiger partial charge >= 0.3 is 0 Å². The summed E-state index contributed by atoms with van der Waals surface area (Å²) in [5.41, 5.74) is 5.75. The highest BCUT2D eigenvalue weighted by atomic mass is 32.1. The average molecular weight is 212 g/mol. The fourth-order valence-electron chi connectivity index (χ4n) is 2.08. The molecule has 1 aliphatic rings. The second-order valence-corrected chi connectivity index (χ2v) is 4.56. The highest BCUT2D eigenvalue weighted by molar-refractivity contribution is 7.09. The molecule has 1 aromatic heterocycles. The number of nitrogens with two attached hydrogens (primary N) is 1. The fourth-order valence-corrected chi connectivity index (χ4v) is 2.57. The van der Waals surface area contributed by atoms with Crippen molar-refractivity contribution in [2.75, 3.05) is 11.9 Å². The number of anilines is 1. The van der Waals surface area contributed by atoms with Crippen LogP contribution in [0.15, 0.2) is 6.33 Å². The lowest BCUT2D eigenvalue weighted by molar-refractivity contribution is 0.332. The normalized spacial score (nSPS) is 27.5. The minimum atomic E-state index is 0.502. The van der Waals surface area contributed by atoms with Crippen molar-refractivity contribution < 1.29 is 0 Å². The van der Waals surface area contributed by atoms with E-state index < -0.39 is 0 Å². The standard InChI is InChI=1S/C9H16N4S/c10-5-7-3-1-2-4-8(7)13-9-11-6-12-14-9/h6-8H,1-5,10H2,(H,11,12,13). The van der Waals surface area contributed by atoms with Gasteiger partial charge in [0, 0.05) is 17.6 Å². The monoisotopic (exact) mass is 212 g/mol. The highest BCUT2D eigenvalue weighted by Crippen LogP contribution is 2.26. The molecule has 1 aromatic rings.